The topological polar surface area (TPSA) is 29.3 Å². The summed E-state index contributed by atoms with van der Waals surface area (Å²) in [6.45, 7) is 4.54. The van der Waals surface area contributed by atoms with Crippen LogP contribution in [0.4, 0.5) is 0 Å². The van der Waals surface area contributed by atoms with Gasteiger partial charge in [-0.3, -0.25) is 4.90 Å². The van der Waals surface area contributed by atoms with Gasteiger partial charge < -0.3 is 5.73 Å². The van der Waals surface area contributed by atoms with Gasteiger partial charge in [0.25, 0.3) is 0 Å². The molecule has 2 rings (SSSR count). The predicted octanol–water partition coefficient (Wildman–Crippen LogP) is 3.30. The first-order chi connectivity index (χ1) is 8.32. The molecule has 2 fully saturated rings. The Kier molecular flexibility index (Phi) is 4.87. The third kappa shape index (κ3) is 2.85. The van der Waals surface area contributed by atoms with Crippen molar-refractivity contribution in [3.8, 4) is 0 Å². The Hall–Kier alpha value is -0.0800. The highest BCUT2D eigenvalue weighted by molar-refractivity contribution is 4.97. The van der Waals surface area contributed by atoms with Gasteiger partial charge in [-0.2, -0.15) is 0 Å². The molecular weight excluding hydrogens is 208 g/mol. The highest BCUT2D eigenvalue weighted by atomic mass is 15.2. The maximum atomic E-state index is 6.20. The third-order valence-electron chi connectivity index (χ3n) is 5.12. The van der Waals surface area contributed by atoms with Crippen molar-refractivity contribution in [3.05, 3.63) is 0 Å². The van der Waals surface area contributed by atoms with E-state index in [1.807, 2.05) is 0 Å². The fourth-order valence-corrected chi connectivity index (χ4v) is 4.04. The molecule has 0 aromatic heterocycles. The summed E-state index contributed by atoms with van der Waals surface area (Å²) in [6, 6.07) is 0.805. The number of likely N-dealkylation sites (tertiary alicyclic amines) is 1. The number of nitrogens with zero attached hydrogens (tertiary/aromatic N) is 1. The average Bonchev–Trinajstić information content (AvgIpc) is 2.65. The predicted molar refractivity (Wildman–Crippen MR) is 74.1 cm³/mol. The molecule has 1 aliphatic carbocycles. The molecule has 0 aromatic rings. The third-order valence-corrected chi connectivity index (χ3v) is 5.12. The zero-order valence-corrected chi connectivity index (χ0v) is 11.6. The zero-order chi connectivity index (χ0) is 12.1. The minimum Gasteiger partial charge on any atom is -0.329 e. The van der Waals surface area contributed by atoms with Crippen LogP contribution in [0.25, 0.3) is 0 Å². The van der Waals surface area contributed by atoms with E-state index < -0.39 is 0 Å². The summed E-state index contributed by atoms with van der Waals surface area (Å²) in [5, 5.41) is 0. The molecule has 2 heteroatoms. The molecule has 1 heterocycles. The monoisotopic (exact) mass is 238 g/mol. The molecule has 100 valence electrons. The maximum absolute atomic E-state index is 6.20. The first-order valence-corrected chi connectivity index (χ1v) is 7.79. The highest BCUT2D eigenvalue weighted by Crippen LogP contribution is 2.37. The number of nitrogens with two attached hydrogens (primary N) is 1. The van der Waals surface area contributed by atoms with Crippen LogP contribution in [-0.4, -0.2) is 29.6 Å². The van der Waals surface area contributed by atoms with Crippen molar-refractivity contribution < 1.29 is 0 Å². The van der Waals surface area contributed by atoms with E-state index in [9.17, 15) is 0 Å². The van der Waals surface area contributed by atoms with E-state index in [2.05, 4.69) is 11.8 Å². The second kappa shape index (κ2) is 6.19. The molecule has 0 spiro atoms. The van der Waals surface area contributed by atoms with Crippen LogP contribution in [0, 0.1) is 0 Å². The van der Waals surface area contributed by atoms with Crippen molar-refractivity contribution >= 4 is 0 Å². The molecule has 1 saturated heterocycles. The molecule has 1 aliphatic heterocycles. The van der Waals surface area contributed by atoms with E-state index in [1.54, 1.807) is 0 Å². The molecule has 2 nitrogen and oxygen atoms in total. The fourth-order valence-electron chi connectivity index (χ4n) is 4.04. The maximum Gasteiger partial charge on any atom is 0.0334 e. The van der Waals surface area contributed by atoms with Crippen molar-refractivity contribution in [2.24, 2.45) is 5.73 Å². The molecule has 2 aliphatic rings. The molecule has 1 saturated carbocycles. The van der Waals surface area contributed by atoms with Gasteiger partial charge in [-0.15, -0.1) is 0 Å². The Labute approximate surface area is 107 Å². The Morgan fingerprint density at radius 1 is 1.06 bits per heavy atom. The van der Waals surface area contributed by atoms with Gasteiger partial charge in [0.05, 0.1) is 0 Å². The Morgan fingerprint density at radius 3 is 2.41 bits per heavy atom. The van der Waals surface area contributed by atoms with Crippen molar-refractivity contribution in [1.29, 1.82) is 0 Å². The molecule has 2 N–H and O–H groups in total. The molecule has 1 atom stereocenters. The van der Waals surface area contributed by atoms with Crippen LogP contribution in [0.3, 0.4) is 0 Å². The van der Waals surface area contributed by atoms with Crippen molar-refractivity contribution in [2.75, 3.05) is 13.1 Å². The lowest BCUT2D eigenvalue weighted by molar-refractivity contribution is 0.0188. The molecule has 0 amide bonds. The van der Waals surface area contributed by atoms with Crippen LogP contribution >= 0.6 is 0 Å². The van der Waals surface area contributed by atoms with Crippen LogP contribution in [-0.2, 0) is 0 Å². The summed E-state index contributed by atoms with van der Waals surface area (Å²) in [7, 11) is 0. The Balaban J connectivity index is 2.13. The minimum atomic E-state index is 0.364. The molecule has 17 heavy (non-hydrogen) atoms. The van der Waals surface area contributed by atoms with Gasteiger partial charge in [0.1, 0.15) is 0 Å². The summed E-state index contributed by atoms with van der Waals surface area (Å²) in [4.78, 5) is 2.83. The van der Waals surface area contributed by atoms with E-state index in [0.29, 0.717) is 5.54 Å². The van der Waals surface area contributed by atoms with Crippen LogP contribution in [0.5, 0.6) is 0 Å². The summed E-state index contributed by atoms with van der Waals surface area (Å²) >= 11 is 0. The van der Waals surface area contributed by atoms with Crippen molar-refractivity contribution in [2.45, 2.75) is 82.7 Å². The van der Waals surface area contributed by atoms with Crippen LogP contribution in [0.1, 0.15) is 71.1 Å². The summed E-state index contributed by atoms with van der Waals surface area (Å²) in [5.74, 6) is 0. The number of hydrogen-bond acceptors (Lipinski definition) is 2. The van der Waals surface area contributed by atoms with Gasteiger partial charge in [-0.25, -0.2) is 0 Å². The number of rotatable bonds is 3. The quantitative estimate of drug-likeness (QED) is 0.817. The largest absolute Gasteiger partial charge is 0.329 e. The second-order valence-corrected chi connectivity index (χ2v) is 6.09. The van der Waals surface area contributed by atoms with E-state index in [4.69, 9.17) is 5.73 Å². The van der Waals surface area contributed by atoms with Gasteiger partial charge in [0.15, 0.2) is 0 Å². The lowest BCUT2D eigenvalue weighted by atomic mass is 9.79. The lowest BCUT2D eigenvalue weighted by Crippen LogP contribution is -2.58. The first kappa shape index (κ1) is 13.4. The normalized spacial score (nSPS) is 31.1. The van der Waals surface area contributed by atoms with Gasteiger partial charge in [-0.05, 0) is 38.6 Å². The van der Waals surface area contributed by atoms with Crippen molar-refractivity contribution in [3.63, 3.8) is 0 Å². The first-order valence-electron chi connectivity index (χ1n) is 7.79. The minimum absolute atomic E-state index is 0.364. The fraction of sp³-hybridized carbons (Fsp3) is 1.00. The van der Waals surface area contributed by atoms with Gasteiger partial charge in [0, 0.05) is 18.1 Å². The highest BCUT2D eigenvalue weighted by Gasteiger charge is 2.39. The zero-order valence-electron chi connectivity index (χ0n) is 11.6. The molecule has 0 aromatic carbocycles. The molecular formula is C15H30N2. The molecule has 1 unspecified atom stereocenters. The lowest BCUT2D eigenvalue weighted by Gasteiger charge is -2.49. The summed E-state index contributed by atoms with van der Waals surface area (Å²) in [6.07, 6.45) is 13.8. The van der Waals surface area contributed by atoms with Crippen LogP contribution < -0.4 is 5.73 Å². The van der Waals surface area contributed by atoms with Gasteiger partial charge in [-0.1, -0.05) is 39.0 Å². The van der Waals surface area contributed by atoms with E-state index in [-0.39, 0.29) is 0 Å². The number of hydrogen-bond donors (Lipinski definition) is 1. The average molecular weight is 238 g/mol. The smallest absolute Gasteiger partial charge is 0.0334 e. The molecule has 0 bridgehead atoms. The van der Waals surface area contributed by atoms with E-state index in [0.717, 1.165) is 12.6 Å². The Bertz CT molecular complexity index is 221. The van der Waals surface area contributed by atoms with Crippen LogP contribution in [0.2, 0.25) is 0 Å². The van der Waals surface area contributed by atoms with Crippen LogP contribution in [0.15, 0.2) is 0 Å². The summed E-state index contributed by atoms with van der Waals surface area (Å²) < 4.78 is 0. The van der Waals surface area contributed by atoms with Gasteiger partial charge in [0.2, 0.25) is 0 Å². The molecule has 0 radical (unpaired) electrons. The standard InChI is InChI=1S/C15H30N2/c1-2-14-9-5-3-8-12-17(14)15(13-16)10-6-4-7-11-15/h14H,2-13,16H2,1H3. The van der Waals surface area contributed by atoms with Gasteiger partial charge >= 0.3 is 0 Å². The summed E-state index contributed by atoms with van der Waals surface area (Å²) in [5.41, 5.74) is 6.56. The second-order valence-electron chi connectivity index (χ2n) is 6.09. The van der Waals surface area contributed by atoms with Crippen molar-refractivity contribution in [1.82, 2.24) is 4.90 Å². The van der Waals surface area contributed by atoms with E-state index >= 15 is 0 Å². The Morgan fingerprint density at radius 2 is 1.76 bits per heavy atom. The van der Waals surface area contributed by atoms with E-state index in [1.165, 1.54) is 70.8 Å². The SMILES string of the molecule is CCC1CCCCCN1C1(CN)CCCCC1.